The van der Waals surface area contributed by atoms with E-state index in [1.165, 1.54) is 11.4 Å². The number of amides is 1. The molecule has 8 heteroatoms. The lowest BCUT2D eigenvalue weighted by Gasteiger charge is -2.34. The Morgan fingerprint density at radius 2 is 2.07 bits per heavy atom. The van der Waals surface area contributed by atoms with Crippen LogP contribution in [0.4, 0.5) is 5.82 Å². The molecule has 0 N–H and O–H groups in total. The molecule has 0 saturated carbocycles. The Hall–Kier alpha value is -2.92. The normalized spacial score (nSPS) is 20.7. The molecule has 0 radical (unpaired) electrons. The molecule has 2 saturated heterocycles. The lowest BCUT2D eigenvalue weighted by atomic mass is 9.95. The number of hydroxylamine groups is 2. The Bertz CT molecular complexity index is 866. The number of piperidine rings is 1. The molecule has 2 fully saturated rings. The molecule has 0 bridgehead atoms. The van der Waals surface area contributed by atoms with Gasteiger partial charge in [-0.05, 0) is 31.4 Å². The predicted octanol–water partition coefficient (Wildman–Crippen LogP) is 2.37. The summed E-state index contributed by atoms with van der Waals surface area (Å²) in [5.41, 5.74) is 1.39. The standard InChI is InChI=1S/C19H21N5O3/c1-13-8-17(26-11-13)16-4-7-27-24(16)19(25)14-2-5-23(6-3-14)18-9-15(10-20)21-12-22-18/h8-9,11-12,14,16H,2-7H2,1H3. The van der Waals surface area contributed by atoms with Crippen LogP contribution in [0.25, 0.3) is 0 Å². The van der Waals surface area contributed by atoms with Crippen molar-refractivity contribution in [1.82, 2.24) is 15.0 Å². The van der Waals surface area contributed by atoms with Gasteiger partial charge in [-0.1, -0.05) is 0 Å². The minimum absolute atomic E-state index is 0.0200. The number of nitrogens with zero attached hydrogens (tertiary/aromatic N) is 5. The first-order chi connectivity index (χ1) is 13.2. The van der Waals surface area contributed by atoms with Crippen LogP contribution >= 0.6 is 0 Å². The third-order valence-corrected chi connectivity index (χ3v) is 5.14. The van der Waals surface area contributed by atoms with E-state index in [9.17, 15) is 4.79 Å². The van der Waals surface area contributed by atoms with Gasteiger partial charge in [0.1, 0.15) is 35.7 Å². The Labute approximate surface area is 157 Å². The van der Waals surface area contributed by atoms with Crippen molar-refractivity contribution < 1.29 is 14.0 Å². The molecule has 8 nitrogen and oxygen atoms in total. The van der Waals surface area contributed by atoms with Crippen LogP contribution in [-0.2, 0) is 9.63 Å². The topological polar surface area (TPSA) is 95.5 Å². The van der Waals surface area contributed by atoms with Crippen LogP contribution in [0, 0.1) is 24.2 Å². The Morgan fingerprint density at radius 1 is 1.26 bits per heavy atom. The quantitative estimate of drug-likeness (QED) is 0.822. The highest BCUT2D eigenvalue weighted by molar-refractivity contribution is 5.78. The summed E-state index contributed by atoms with van der Waals surface area (Å²) in [6, 6.07) is 5.52. The number of anilines is 1. The molecule has 1 atom stereocenters. The van der Waals surface area contributed by atoms with E-state index in [0.717, 1.165) is 23.6 Å². The van der Waals surface area contributed by atoms with Crippen LogP contribution in [0.2, 0.25) is 0 Å². The van der Waals surface area contributed by atoms with E-state index in [1.807, 2.05) is 19.1 Å². The Kier molecular flexibility index (Phi) is 4.77. The predicted molar refractivity (Wildman–Crippen MR) is 95.3 cm³/mol. The van der Waals surface area contributed by atoms with Gasteiger partial charge in [-0.2, -0.15) is 5.26 Å². The summed E-state index contributed by atoms with van der Waals surface area (Å²) in [5.74, 6) is 1.44. The van der Waals surface area contributed by atoms with Gasteiger partial charge < -0.3 is 9.32 Å². The SMILES string of the molecule is Cc1coc(C2CCON2C(=O)C2CCN(c3cc(C#N)ncn3)CC2)c1. The van der Waals surface area contributed by atoms with E-state index in [1.54, 1.807) is 12.3 Å². The molecule has 1 unspecified atom stereocenters. The lowest BCUT2D eigenvalue weighted by molar-refractivity contribution is -0.183. The maximum absolute atomic E-state index is 13.0. The third kappa shape index (κ3) is 3.51. The highest BCUT2D eigenvalue weighted by atomic mass is 16.7. The molecule has 0 spiro atoms. The van der Waals surface area contributed by atoms with Crippen LogP contribution in [0.3, 0.4) is 0 Å². The van der Waals surface area contributed by atoms with Crippen LogP contribution in [-0.4, -0.2) is 40.6 Å². The van der Waals surface area contributed by atoms with E-state index in [4.69, 9.17) is 14.5 Å². The summed E-state index contributed by atoms with van der Waals surface area (Å²) in [7, 11) is 0. The van der Waals surface area contributed by atoms with E-state index in [2.05, 4.69) is 14.9 Å². The van der Waals surface area contributed by atoms with Crippen LogP contribution in [0.5, 0.6) is 0 Å². The number of furan rings is 1. The van der Waals surface area contributed by atoms with Gasteiger partial charge in [-0.3, -0.25) is 9.63 Å². The number of hydrogen-bond donors (Lipinski definition) is 0. The van der Waals surface area contributed by atoms with E-state index >= 15 is 0 Å². The molecule has 2 aromatic heterocycles. The van der Waals surface area contributed by atoms with Crippen molar-refractivity contribution in [3.8, 4) is 6.07 Å². The summed E-state index contributed by atoms with van der Waals surface area (Å²) in [4.78, 5) is 28.9. The molecule has 0 aliphatic carbocycles. The molecule has 27 heavy (non-hydrogen) atoms. The minimum atomic E-state index is -0.149. The fourth-order valence-corrected chi connectivity index (χ4v) is 3.69. The zero-order valence-corrected chi connectivity index (χ0v) is 15.2. The van der Waals surface area contributed by atoms with Crippen molar-refractivity contribution >= 4 is 11.7 Å². The second-order valence-electron chi connectivity index (χ2n) is 6.96. The van der Waals surface area contributed by atoms with Crippen LogP contribution in [0.15, 0.2) is 29.1 Å². The fraction of sp³-hybridized carbons (Fsp3) is 0.474. The van der Waals surface area contributed by atoms with Gasteiger partial charge in [0.2, 0.25) is 5.91 Å². The summed E-state index contributed by atoms with van der Waals surface area (Å²) in [5, 5.41) is 10.5. The van der Waals surface area contributed by atoms with Gasteiger partial charge >= 0.3 is 0 Å². The average Bonchev–Trinajstić information content (AvgIpc) is 3.36. The highest BCUT2D eigenvalue weighted by Crippen LogP contribution is 2.34. The molecule has 4 heterocycles. The number of hydrogen-bond acceptors (Lipinski definition) is 7. The first-order valence-corrected chi connectivity index (χ1v) is 9.14. The molecular formula is C19H21N5O3. The number of nitriles is 1. The molecule has 0 aromatic carbocycles. The van der Waals surface area contributed by atoms with Crippen molar-refractivity contribution in [1.29, 1.82) is 5.26 Å². The van der Waals surface area contributed by atoms with Crippen molar-refractivity contribution in [3.63, 3.8) is 0 Å². The minimum Gasteiger partial charge on any atom is -0.467 e. The van der Waals surface area contributed by atoms with Crippen molar-refractivity contribution in [2.75, 3.05) is 24.6 Å². The van der Waals surface area contributed by atoms with Crippen molar-refractivity contribution in [3.05, 3.63) is 41.7 Å². The third-order valence-electron chi connectivity index (χ3n) is 5.14. The van der Waals surface area contributed by atoms with Crippen LogP contribution in [0.1, 0.15) is 42.3 Å². The number of aromatic nitrogens is 2. The summed E-state index contributed by atoms with van der Waals surface area (Å²) < 4.78 is 5.59. The van der Waals surface area contributed by atoms with Gasteiger partial charge in [0.25, 0.3) is 0 Å². The number of rotatable bonds is 3. The first kappa shape index (κ1) is 17.5. The second-order valence-corrected chi connectivity index (χ2v) is 6.96. The lowest BCUT2D eigenvalue weighted by Crippen LogP contribution is -2.42. The molecule has 2 aliphatic rings. The molecule has 4 rings (SSSR count). The molecule has 140 valence electrons. The first-order valence-electron chi connectivity index (χ1n) is 9.14. The largest absolute Gasteiger partial charge is 0.467 e. The van der Waals surface area contributed by atoms with E-state index in [0.29, 0.717) is 38.2 Å². The second kappa shape index (κ2) is 7.37. The molecule has 1 amide bonds. The number of carbonyl (C=O) groups excluding carboxylic acids is 1. The summed E-state index contributed by atoms with van der Waals surface area (Å²) in [6.45, 7) is 3.90. The van der Waals surface area contributed by atoms with E-state index in [-0.39, 0.29) is 17.9 Å². The van der Waals surface area contributed by atoms with E-state index < -0.39 is 0 Å². The van der Waals surface area contributed by atoms with Gasteiger partial charge in [0, 0.05) is 31.5 Å². The monoisotopic (exact) mass is 367 g/mol. The van der Waals surface area contributed by atoms with Gasteiger partial charge in [0.15, 0.2) is 0 Å². The smallest absolute Gasteiger partial charge is 0.250 e. The zero-order chi connectivity index (χ0) is 18.8. The molecular weight excluding hydrogens is 346 g/mol. The Morgan fingerprint density at radius 3 is 2.78 bits per heavy atom. The summed E-state index contributed by atoms with van der Waals surface area (Å²) in [6.07, 6.45) is 5.28. The van der Waals surface area contributed by atoms with Crippen molar-refractivity contribution in [2.45, 2.75) is 32.2 Å². The van der Waals surface area contributed by atoms with Gasteiger partial charge in [-0.25, -0.2) is 15.0 Å². The maximum Gasteiger partial charge on any atom is 0.250 e. The maximum atomic E-state index is 13.0. The Balaban J connectivity index is 1.40. The zero-order valence-electron chi connectivity index (χ0n) is 15.2. The average molecular weight is 367 g/mol. The highest BCUT2D eigenvalue weighted by Gasteiger charge is 2.38. The number of carbonyl (C=O) groups is 1. The molecule has 2 aliphatic heterocycles. The van der Waals surface area contributed by atoms with Gasteiger partial charge in [0.05, 0.1) is 12.9 Å². The molecule has 2 aromatic rings. The number of aryl methyl sites for hydroxylation is 1. The van der Waals surface area contributed by atoms with Crippen LogP contribution < -0.4 is 4.90 Å². The van der Waals surface area contributed by atoms with Crippen molar-refractivity contribution in [2.24, 2.45) is 5.92 Å². The fourth-order valence-electron chi connectivity index (χ4n) is 3.69. The summed E-state index contributed by atoms with van der Waals surface area (Å²) >= 11 is 0. The van der Waals surface area contributed by atoms with Gasteiger partial charge in [-0.15, -0.1) is 0 Å².